The molecule has 0 bridgehead atoms. The Balaban J connectivity index is 1.43. The van der Waals surface area contributed by atoms with Crippen LogP contribution in [0, 0.1) is 5.92 Å². The lowest BCUT2D eigenvalue weighted by molar-refractivity contribution is -0.133. The van der Waals surface area contributed by atoms with Crippen LogP contribution in [0.25, 0.3) is 0 Å². The first-order valence-electron chi connectivity index (χ1n) is 11.5. The lowest BCUT2D eigenvalue weighted by Gasteiger charge is -2.36. The van der Waals surface area contributed by atoms with E-state index in [2.05, 4.69) is 43.8 Å². The second-order valence-corrected chi connectivity index (χ2v) is 8.36. The van der Waals surface area contributed by atoms with Gasteiger partial charge in [0.05, 0.1) is 0 Å². The lowest BCUT2D eigenvalue weighted by Crippen LogP contribution is -2.49. The summed E-state index contributed by atoms with van der Waals surface area (Å²) in [6.07, 6.45) is 8.17. The van der Waals surface area contributed by atoms with Gasteiger partial charge in [-0.2, -0.15) is 0 Å². The zero-order valence-corrected chi connectivity index (χ0v) is 18.3. The topological polar surface area (TPSA) is 64.6 Å². The molecule has 0 spiro atoms. The number of aromatic nitrogens is 2. The maximum absolute atomic E-state index is 12.7. The molecular formula is C22H38N6O. The maximum Gasteiger partial charge on any atom is 0.222 e. The van der Waals surface area contributed by atoms with E-state index in [-0.39, 0.29) is 0 Å². The Kier molecular flexibility index (Phi) is 8.52. The summed E-state index contributed by atoms with van der Waals surface area (Å²) in [5.74, 6) is 2.79. The van der Waals surface area contributed by atoms with E-state index in [9.17, 15) is 4.79 Å². The highest BCUT2D eigenvalue weighted by atomic mass is 16.2. The summed E-state index contributed by atoms with van der Waals surface area (Å²) in [5.41, 5.74) is 0. The van der Waals surface area contributed by atoms with E-state index in [1.165, 1.54) is 25.8 Å². The Hall–Kier alpha value is -1.89. The van der Waals surface area contributed by atoms with Gasteiger partial charge in [-0.25, -0.2) is 9.97 Å². The molecular weight excluding hydrogens is 364 g/mol. The zero-order chi connectivity index (χ0) is 20.5. The molecule has 2 saturated heterocycles. The highest BCUT2D eigenvalue weighted by Gasteiger charge is 2.24. The molecule has 1 N–H and O–H groups in total. The number of amides is 1. The molecule has 1 unspecified atom stereocenters. The van der Waals surface area contributed by atoms with Crippen molar-refractivity contribution in [2.24, 2.45) is 5.92 Å². The van der Waals surface area contributed by atoms with Crippen molar-refractivity contribution in [3.8, 4) is 0 Å². The van der Waals surface area contributed by atoms with E-state index >= 15 is 0 Å². The van der Waals surface area contributed by atoms with Crippen molar-refractivity contribution in [3.63, 3.8) is 0 Å². The molecule has 7 heteroatoms. The average Bonchev–Trinajstić information content (AvgIpc) is 2.77. The first-order valence-corrected chi connectivity index (χ1v) is 11.5. The fraction of sp³-hybridized carbons (Fsp3) is 0.773. The van der Waals surface area contributed by atoms with E-state index < -0.39 is 0 Å². The molecule has 2 fully saturated rings. The standard InChI is InChI=1S/C22H38N6O/c1-3-5-10-26-12-14-27(15-13-26)22(29)9-8-19-7-6-11-28(17-19)21-16-20(23-4-2)24-18-25-21/h16,18-19H,3-15,17H2,1-2H3,(H,23,24,25). The first-order chi connectivity index (χ1) is 14.2. The van der Waals surface area contributed by atoms with Gasteiger partial charge in [0.15, 0.2) is 0 Å². The Morgan fingerprint density at radius 2 is 2.00 bits per heavy atom. The van der Waals surface area contributed by atoms with Crippen LogP contribution in [0.2, 0.25) is 0 Å². The average molecular weight is 403 g/mol. The van der Waals surface area contributed by atoms with Crippen LogP contribution in [0.5, 0.6) is 0 Å². The first kappa shape index (κ1) is 21.8. The minimum Gasteiger partial charge on any atom is -0.370 e. The Morgan fingerprint density at radius 3 is 2.76 bits per heavy atom. The van der Waals surface area contributed by atoms with Crippen molar-refractivity contribution in [1.82, 2.24) is 19.8 Å². The number of nitrogens with one attached hydrogen (secondary N) is 1. The van der Waals surface area contributed by atoms with Crippen LogP contribution in [0.3, 0.4) is 0 Å². The third kappa shape index (κ3) is 6.56. The third-order valence-electron chi connectivity index (χ3n) is 6.17. The molecule has 1 aromatic heterocycles. The Morgan fingerprint density at radius 1 is 1.17 bits per heavy atom. The molecule has 7 nitrogen and oxygen atoms in total. The molecule has 1 aromatic rings. The minimum absolute atomic E-state index is 0.341. The smallest absolute Gasteiger partial charge is 0.222 e. The van der Waals surface area contributed by atoms with Gasteiger partial charge < -0.3 is 15.1 Å². The van der Waals surface area contributed by atoms with Crippen molar-refractivity contribution < 1.29 is 4.79 Å². The van der Waals surface area contributed by atoms with E-state index in [1.807, 2.05) is 6.07 Å². The molecule has 0 aliphatic carbocycles. The number of hydrogen-bond donors (Lipinski definition) is 1. The summed E-state index contributed by atoms with van der Waals surface area (Å²) in [7, 11) is 0. The lowest BCUT2D eigenvalue weighted by atomic mass is 9.93. The molecule has 2 aliphatic heterocycles. The number of rotatable bonds is 9. The summed E-state index contributed by atoms with van der Waals surface area (Å²) in [6.45, 7) is 12.2. The van der Waals surface area contributed by atoms with Gasteiger partial charge in [0.25, 0.3) is 0 Å². The molecule has 1 atom stereocenters. The number of carbonyl (C=O) groups is 1. The molecule has 1 amide bonds. The Bertz CT molecular complexity index is 631. The van der Waals surface area contributed by atoms with Gasteiger partial charge in [0, 0.05) is 58.3 Å². The predicted octanol–water partition coefficient (Wildman–Crippen LogP) is 2.85. The van der Waals surface area contributed by atoms with Gasteiger partial charge in [0.1, 0.15) is 18.0 Å². The summed E-state index contributed by atoms with van der Waals surface area (Å²) in [5, 5.41) is 3.26. The second-order valence-electron chi connectivity index (χ2n) is 8.36. The molecule has 0 saturated carbocycles. The van der Waals surface area contributed by atoms with Crippen molar-refractivity contribution >= 4 is 17.5 Å². The number of anilines is 2. The highest BCUT2D eigenvalue weighted by molar-refractivity contribution is 5.76. The quantitative estimate of drug-likeness (QED) is 0.685. The molecule has 0 aromatic carbocycles. The second kappa shape index (κ2) is 11.3. The minimum atomic E-state index is 0.341. The van der Waals surface area contributed by atoms with Crippen LogP contribution in [-0.2, 0) is 4.79 Å². The maximum atomic E-state index is 12.7. The van der Waals surface area contributed by atoms with E-state index in [0.717, 1.165) is 70.3 Å². The predicted molar refractivity (Wildman–Crippen MR) is 118 cm³/mol. The fourth-order valence-electron chi connectivity index (χ4n) is 4.39. The number of carbonyl (C=O) groups excluding carboxylic acids is 1. The summed E-state index contributed by atoms with van der Waals surface area (Å²) in [4.78, 5) is 28.4. The molecule has 3 heterocycles. The van der Waals surface area contributed by atoms with Gasteiger partial charge in [-0.3, -0.25) is 9.69 Å². The van der Waals surface area contributed by atoms with E-state index in [0.29, 0.717) is 18.2 Å². The van der Waals surface area contributed by atoms with Gasteiger partial charge in [-0.1, -0.05) is 13.3 Å². The summed E-state index contributed by atoms with van der Waals surface area (Å²) >= 11 is 0. The van der Waals surface area contributed by atoms with Crippen molar-refractivity contribution in [1.29, 1.82) is 0 Å². The monoisotopic (exact) mass is 402 g/mol. The SMILES string of the molecule is CCCCN1CCN(C(=O)CCC2CCCN(c3cc(NCC)ncn3)C2)CC1. The van der Waals surface area contributed by atoms with Crippen LogP contribution < -0.4 is 10.2 Å². The van der Waals surface area contributed by atoms with E-state index in [1.54, 1.807) is 6.33 Å². The van der Waals surface area contributed by atoms with Crippen molar-refractivity contribution in [2.45, 2.75) is 52.4 Å². The number of nitrogens with zero attached hydrogens (tertiary/aromatic N) is 5. The largest absolute Gasteiger partial charge is 0.370 e. The summed E-state index contributed by atoms with van der Waals surface area (Å²) in [6, 6.07) is 2.04. The zero-order valence-electron chi connectivity index (χ0n) is 18.3. The van der Waals surface area contributed by atoms with Crippen molar-refractivity contribution in [2.75, 3.05) is 62.6 Å². The van der Waals surface area contributed by atoms with Crippen LogP contribution in [-0.4, -0.2) is 78.0 Å². The van der Waals surface area contributed by atoms with Crippen LogP contribution >= 0.6 is 0 Å². The van der Waals surface area contributed by atoms with Crippen LogP contribution in [0.1, 0.15) is 52.4 Å². The molecule has 2 aliphatic rings. The van der Waals surface area contributed by atoms with Gasteiger partial charge in [0.2, 0.25) is 5.91 Å². The number of unbranched alkanes of at least 4 members (excludes halogenated alkanes) is 1. The van der Waals surface area contributed by atoms with Gasteiger partial charge in [-0.05, 0) is 45.1 Å². The summed E-state index contributed by atoms with van der Waals surface area (Å²) < 4.78 is 0. The number of piperazine rings is 1. The third-order valence-corrected chi connectivity index (χ3v) is 6.17. The van der Waals surface area contributed by atoms with Crippen LogP contribution in [0.15, 0.2) is 12.4 Å². The van der Waals surface area contributed by atoms with Crippen molar-refractivity contribution in [3.05, 3.63) is 12.4 Å². The van der Waals surface area contributed by atoms with Gasteiger partial charge >= 0.3 is 0 Å². The highest BCUT2D eigenvalue weighted by Crippen LogP contribution is 2.26. The van der Waals surface area contributed by atoms with Gasteiger partial charge in [-0.15, -0.1) is 0 Å². The molecule has 162 valence electrons. The normalized spacial score (nSPS) is 20.7. The van der Waals surface area contributed by atoms with Crippen LogP contribution in [0.4, 0.5) is 11.6 Å². The molecule has 3 rings (SSSR count). The number of hydrogen-bond acceptors (Lipinski definition) is 6. The fourth-order valence-corrected chi connectivity index (χ4v) is 4.39. The molecule has 29 heavy (non-hydrogen) atoms. The Labute approximate surface area is 175 Å². The number of piperidine rings is 1. The molecule has 0 radical (unpaired) electrons. The van der Waals surface area contributed by atoms with E-state index in [4.69, 9.17) is 0 Å².